The molecule has 64 valence electrons. The third-order valence-corrected chi connectivity index (χ3v) is 1.50. The summed E-state index contributed by atoms with van der Waals surface area (Å²) in [5.41, 5.74) is 5.89. The molecule has 1 amide bonds. The number of amides is 1. The van der Waals surface area contributed by atoms with Crippen molar-refractivity contribution in [2.45, 2.75) is 13.8 Å². The summed E-state index contributed by atoms with van der Waals surface area (Å²) in [6.07, 6.45) is 1.33. The molecule has 12 heavy (non-hydrogen) atoms. The highest BCUT2D eigenvalue weighted by Crippen LogP contribution is 2.05. The van der Waals surface area contributed by atoms with E-state index in [1.54, 1.807) is 6.92 Å². The van der Waals surface area contributed by atoms with Crippen molar-refractivity contribution in [3.8, 4) is 0 Å². The number of hydrogen-bond donors (Lipinski definition) is 1. The van der Waals surface area contributed by atoms with Gasteiger partial charge in [0.25, 0.3) is 0 Å². The minimum absolute atomic E-state index is 0.125. The van der Waals surface area contributed by atoms with E-state index >= 15 is 0 Å². The number of rotatable bonds is 1. The van der Waals surface area contributed by atoms with Crippen LogP contribution in [-0.4, -0.2) is 21.6 Å². The Balaban J connectivity index is 3.17. The average molecular weight is 167 g/mol. The number of aryl methyl sites for hydroxylation is 1. The Labute approximate surface area is 69.2 Å². The average Bonchev–Trinajstić information content (AvgIpc) is 2.30. The molecule has 0 radical (unpaired) electrons. The molecule has 0 fully saturated rings. The first-order valence-corrected chi connectivity index (χ1v) is 3.39. The first kappa shape index (κ1) is 8.45. The van der Waals surface area contributed by atoms with Crippen LogP contribution in [0.4, 0.5) is 4.79 Å². The lowest BCUT2D eigenvalue weighted by atomic mass is 10.2. The van der Waals surface area contributed by atoms with Crippen LogP contribution < -0.4 is 5.73 Å². The zero-order valence-corrected chi connectivity index (χ0v) is 6.87. The molecule has 0 spiro atoms. The largest absolute Gasteiger partial charge is 0.350 e. The van der Waals surface area contributed by atoms with E-state index in [0.717, 1.165) is 4.68 Å². The number of primary amides is 1. The molecular formula is C7H9N3O2. The van der Waals surface area contributed by atoms with E-state index in [-0.39, 0.29) is 5.78 Å². The lowest BCUT2D eigenvalue weighted by molar-refractivity contribution is 0.101. The molecule has 0 aliphatic heterocycles. The van der Waals surface area contributed by atoms with E-state index in [9.17, 15) is 9.59 Å². The summed E-state index contributed by atoms with van der Waals surface area (Å²) >= 11 is 0. The Bertz CT molecular complexity index is 340. The van der Waals surface area contributed by atoms with Crippen molar-refractivity contribution < 1.29 is 9.59 Å². The van der Waals surface area contributed by atoms with Gasteiger partial charge in [-0.05, 0) is 13.8 Å². The van der Waals surface area contributed by atoms with E-state index in [1.165, 1.54) is 13.1 Å². The SMILES string of the molecule is CC(=O)c1cn(C(N)=O)nc1C. The van der Waals surface area contributed by atoms with Crippen LogP contribution in [0.2, 0.25) is 0 Å². The number of ketones is 1. The molecule has 0 aliphatic rings. The van der Waals surface area contributed by atoms with Crippen molar-refractivity contribution >= 4 is 11.8 Å². The van der Waals surface area contributed by atoms with Gasteiger partial charge < -0.3 is 5.73 Å². The van der Waals surface area contributed by atoms with Gasteiger partial charge in [0.05, 0.1) is 11.3 Å². The molecule has 0 bridgehead atoms. The second-order valence-electron chi connectivity index (χ2n) is 2.47. The molecule has 1 rings (SSSR count). The highest BCUT2D eigenvalue weighted by Gasteiger charge is 2.10. The minimum atomic E-state index is -0.689. The van der Waals surface area contributed by atoms with Crippen molar-refractivity contribution in [2.24, 2.45) is 5.73 Å². The minimum Gasteiger partial charge on any atom is -0.350 e. The second kappa shape index (κ2) is 2.77. The summed E-state index contributed by atoms with van der Waals surface area (Å²) in [4.78, 5) is 21.5. The predicted molar refractivity (Wildman–Crippen MR) is 41.9 cm³/mol. The summed E-state index contributed by atoms with van der Waals surface area (Å²) in [6.45, 7) is 3.06. The van der Waals surface area contributed by atoms with Gasteiger partial charge in [-0.3, -0.25) is 4.79 Å². The van der Waals surface area contributed by atoms with Gasteiger partial charge in [0, 0.05) is 6.20 Å². The zero-order valence-electron chi connectivity index (χ0n) is 6.87. The maximum atomic E-state index is 10.9. The molecule has 1 aromatic rings. The quantitative estimate of drug-likeness (QED) is 0.612. The van der Waals surface area contributed by atoms with Crippen LogP contribution >= 0.6 is 0 Å². The first-order valence-electron chi connectivity index (χ1n) is 3.39. The van der Waals surface area contributed by atoms with Gasteiger partial charge in [0.15, 0.2) is 5.78 Å². The summed E-state index contributed by atoms with van der Waals surface area (Å²) in [5.74, 6) is -0.125. The van der Waals surface area contributed by atoms with Crippen molar-refractivity contribution in [1.29, 1.82) is 0 Å². The fourth-order valence-electron chi connectivity index (χ4n) is 0.919. The van der Waals surface area contributed by atoms with Gasteiger partial charge in [0.2, 0.25) is 0 Å². The second-order valence-corrected chi connectivity index (χ2v) is 2.47. The van der Waals surface area contributed by atoms with Gasteiger partial charge in [-0.25, -0.2) is 4.79 Å². The molecule has 0 saturated heterocycles. The Morgan fingerprint density at radius 3 is 2.42 bits per heavy atom. The maximum Gasteiger partial charge on any atom is 0.339 e. The van der Waals surface area contributed by atoms with Gasteiger partial charge in [-0.1, -0.05) is 0 Å². The predicted octanol–water partition coefficient (Wildman–Crippen LogP) is 0.321. The molecule has 1 heterocycles. The standard InChI is InChI=1S/C7H9N3O2/c1-4-6(5(2)11)3-10(9-4)7(8)12/h3H,1-2H3,(H2,8,12). The number of hydrogen-bond acceptors (Lipinski definition) is 3. The van der Waals surface area contributed by atoms with Crippen LogP contribution in [0.25, 0.3) is 0 Å². The van der Waals surface area contributed by atoms with E-state index in [1.807, 2.05) is 0 Å². The van der Waals surface area contributed by atoms with E-state index in [4.69, 9.17) is 5.73 Å². The fraction of sp³-hybridized carbons (Fsp3) is 0.286. The third-order valence-electron chi connectivity index (χ3n) is 1.50. The number of carbonyl (C=O) groups excluding carboxylic acids is 2. The number of aromatic nitrogens is 2. The molecule has 0 aromatic carbocycles. The van der Waals surface area contributed by atoms with Gasteiger partial charge >= 0.3 is 6.03 Å². The maximum absolute atomic E-state index is 10.9. The molecule has 0 aliphatic carbocycles. The van der Waals surface area contributed by atoms with Crippen LogP contribution in [0.3, 0.4) is 0 Å². The monoisotopic (exact) mass is 167 g/mol. The first-order chi connectivity index (χ1) is 5.52. The van der Waals surface area contributed by atoms with E-state index in [0.29, 0.717) is 11.3 Å². The Morgan fingerprint density at radius 1 is 1.58 bits per heavy atom. The third kappa shape index (κ3) is 1.34. The lowest BCUT2D eigenvalue weighted by Crippen LogP contribution is -2.19. The van der Waals surface area contributed by atoms with Crippen molar-refractivity contribution in [1.82, 2.24) is 9.78 Å². The summed E-state index contributed by atoms with van der Waals surface area (Å²) in [7, 11) is 0. The van der Waals surface area contributed by atoms with Gasteiger partial charge in [-0.2, -0.15) is 9.78 Å². The fourth-order valence-corrected chi connectivity index (χ4v) is 0.919. The normalized spacial score (nSPS) is 9.83. The van der Waals surface area contributed by atoms with Crippen LogP contribution in [0.1, 0.15) is 23.0 Å². The Morgan fingerprint density at radius 2 is 2.17 bits per heavy atom. The zero-order chi connectivity index (χ0) is 9.30. The Kier molecular flexibility index (Phi) is 1.95. The molecular weight excluding hydrogens is 158 g/mol. The summed E-state index contributed by atoms with van der Waals surface area (Å²) in [6, 6.07) is -0.689. The molecule has 5 nitrogen and oxygen atoms in total. The highest BCUT2D eigenvalue weighted by atomic mass is 16.2. The topological polar surface area (TPSA) is 78.0 Å². The number of nitrogens with two attached hydrogens (primary N) is 1. The van der Waals surface area contributed by atoms with E-state index < -0.39 is 6.03 Å². The molecule has 5 heteroatoms. The van der Waals surface area contributed by atoms with Crippen molar-refractivity contribution in [3.63, 3.8) is 0 Å². The number of carbonyl (C=O) groups is 2. The summed E-state index contributed by atoms with van der Waals surface area (Å²) in [5, 5.41) is 3.75. The molecule has 2 N–H and O–H groups in total. The summed E-state index contributed by atoms with van der Waals surface area (Å²) < 4.78 is 0.950. The molecule has 0 unspecified atom stereocenters. The van der Waals surface area contributed by atoms with E-state index in [2.05, 4.69) is 5.10 Å². The number of Topliss-reactive ketones (excluding diaryl/α,β-unsaturated/α-hetero) is 1. The van der Waals surface area contributed by atoms with Gasteiger partial charge in [-0.15, -0.1) is 0 Å². The Hall–Kier alpha value is -1.65. The van der Waals surface area contributed by atoms with Crippen molar-refractivity contribution in [3.05, 3.63) is 17.5 Å². The van der Waals surface area contributed by atoms with Crippen molar-refractivity contribution in [2.75, 3.05) is 0 Å². The van der Waals surface area contributed by atoms with Crippen LogP contribution in [-0.2, 0) is 0 Å². The molecule has 0 atom stereocenters. The lowest BCUT2D eigenvalue weighted by Gasteiger charge is -1.88. The van der Waals surface area contributed by atoms with Crippen LogP contribution in [0.15, 0.2) is 6.20 Å². The van der Waals surface area contributed by atoms with Gasteiger partial charge in [0.1, 0.15) is 0 Å². The molecule has 1 aromatic heterocycles. The van der Waals surface area contributed by atoms with Crippen LogP contribution in [0.5, 0.6) is 0 Å². The van der Waals surface area contributed by atoms with Crippen LogP contribution in [0, 0.1) is 6.92 Å². The smallest absolute Gasteiger partial charge is 0.339 e. The molecule has 0 saturated carbocycles. The highest BCUT2D eigenvalue weighted by molar-refractivity contribution is 5.95. The number of nitrogens with zero attached hydrogens (tertiary/aromatic N) is 2.